The number of hydrazone groups is 1. The van der Waals surface area contributed by atoms with Crippen molar-refractivity contribution in [3.05, 3.63) is 131 Å². The van der Waals surface area contributed by atoms with Gasteiger partial charge in [0, 0.05) is 12.5 Å². The van der Waals surface area contributed by atoms with E-state index >= 15 is 0 Å². The summed E-state index contributed by atoms with van der Waals surface area (Å²) in [5, 5.41) is 19.5. The Balaban J connectivity index is 1.30. The number of thioether (sulfide) groups is 1. The molecular weight excluding hydrogens is 492 g/mol. The van der Waals surface area contributed by atoms with Crippen molar-refractivity contribution in [2.45, 2.75) is 12.5 Å². The van der Waals surface area contributed by atoms with E-state index in [-0.39, 0.29) is 17.0 Å². The highest BCUT2D eigenvalue weighted by atomic mass is 32.2. The summed E-state index contributed by atoms with van der Waals surface area (Å²) in [6.45, 7) is 0. The molecule has 2 heterocycles. The number of amidine groups is 1. The summed E-state index contributed by atoms with van der Waals surface area (Å²) in [6, 6.07) is 35.6. The molecule has 1 fully saturated rings. The van der Waals surface area contributed by atoms with Crippen molar-refractivity contribution in [3.63, 3.8) is 0 Å². The van der Waals surface area contributed by atoms with Crippen LogP contribution in [0.1, 0.15) is 29.2 Å². The monoisotopic (exact) mass is 516 g/mol. The molecule has 0 aliphatic carbocycles. The first kappa shape index (κ1) is 23.8. The van der Waals surface area contributed by atoms with Crippen LogP contribution in [0.25, 0.3) is 6.08 Å². The van der Waals surface area contributed by atoms with Crippen molar-refractivity contribution in [2.75, 3.05) is 5.01 Å². The third kappa shape index (κ3) is 5.10. The maximum absolute atomic E-state index is 12.1. The highest BCUT2D eigenvalue weighted by molar-refractivity contribution is 8.18. The second kappa shape index (κ2) is 10.4. The van der Waals surface area contributed by atoms with Gasteiger partial charge in [-0.05, 0) is 58.8 Å². The Kier molecular flexibility index (Phi) is 6.50. The van der Waals surface area contributed by atoms with Crippen LogP contribution in [0.2, 0.25) is 0 Å². The van der Waals surface area contributed by atoms with E-state index in [1.165, 1.54) is 5.56 Å². The molecule has 0 spiro atoms. The first-order valence-electron chi connectivity index (χ1n) is 12.3. The molecule has 4 aromatic carbocycles. The third-order valence-electron chi connectivity index (χ3n) is 6.38. The number of benzene rings is 4. The van der Waals surface area contributed by atoms with E-state index in [1.54, 1.807) is 24.3 Å². The van der Waals surface area contributed by atoms with E-state index < -0.39 is 0 Å². The zero-order chi connectivity index (χ0) is 25.9. The molecule has 0 aromatic heterocycles. The van der Waals surface area contributed by atoms with E-state index in [9.17, 15) is 9.90 Å². The lowest BCUT2D eigenvalue weighted by molar-refractivity contribution is 0.265. The van der Waals surface area contributed by atoms with Crippen LogP contribution in [-0.2, 0) is 0 Å². The van der Waals surface area contributed by atoms with Gasteiger partial charge in [-0.2, -0.15) is 5.10 Å². The molecule has 1 unspecified atom stereocenters. The van der Waals surface area contributed by atoms with Gasteiger partial charge in [0.05, 0.1) is 28.0 Å². The smallest absolute Gasteiger partial charge is 0.289 e. The van der Waals surface area contributed by atoms with Gasteiger partial charge >= 0.3 is 0 Å². The molecular formula is C31H24N4O2S. The van der Waals surface area contributed by atoms with Crippen molar-refractivity contribution >= 4 is 46.0 Å². The molecule has 2 N–H and O–H groups in total. The van der Waals surface area contributed by atoms with Crippen molar-refractivity contribution < 1.29 is 9.90 Å². The van der Waals surface area contributed by atoms with Crippen molar-refractivity contribution in [3.8, 4) is 5.75 Å². The summed E-state index contributed by atoms with van der Waals surface area (Å²) in [4.78, 5) is 17.4. The molecule has 0 bridgehead atoms. The Bertz CT molecular complexity index is 1560. The van der Waals surface area contributed by atoms with Gasteiger partial charge in [-0.1, -0.05) is 78.9 Å². The Labute approximate surface area is 225 Å². The average Bonchev–Trinajstić information content (AvgIpc) is 3.54. The zero-order valence-electron chi connectivity index (χ0n) is 20.4. The predicted octanol–water partition coefficient (Wildman–Crippen LogP) is 7.28. The highest BCUT2D eigenvalue weighted by Crippen LogP contribution is 2.37. The first-order valence-corrected chi connectivity index (χ1v) is 13.1. The van der Waals surface area contributed by atoms with Crippen molar-refractivity contribution in [1.29, 1.82) is 0 Å². The van der Waals surface area contributed by atoms with Gasteiger partial charge in [0.15, 0.2) is 0 Å². The second-order valence-electron chi connectivity index (χ2n) is 8.98. The maximum Gasteiger partial charge on any atom is 0.289 e. The van der Waals surface area contributed by atoms with Gasteiger partial charge in [-0.3, -0.25) is 9.80 Å². The Morgan fingerprint density at radius 3 is 2.39 bits per heavy atom. The number of hydrogen-bond acceptors (Lipinski definition) is 6. The van der Waals surface area contributed by atoms with Crippen LogP contribution in [-0.4, -0.2) is 21.9 Å². The van der Waals surface area contributed by atoms with Crippen LogP contribution in [0.15, 0.2) is 124 Å². The maximum atomic E-state index is 12.1. The molecule has 2 aliphatic heterocycles. The third-order valence-corrected chi connectivity index (χ3v) is 7.20. The largest absolute Gasteiger partial charge is 0.508 e. The van der Waals surface area contributed by atoms with E-state index in [0.29, 0.717) is 11.5 Å². The Morgan fingerprint density at radius 2 is 1.66 bits per heavy atom. The number of nitrogens with zero attached hydrogens (tertiary/aromatic N) is 3. The fraction of sp³-hybridized carbons (Fsp3) is 0.0645. The number of amides is 1. The quantitative estimate of drug-likeness (QED) is 0.292. The minimum atomic E-state index is -0.183. The fourth-order valence-corrected chi connectivity index (χ4v) is 5.30. The number of nitrogens with one attached hydrogen (secondary N) is 1. The molecule has 6 nitrogen and oxygen atoms in total. The van der Waals surface area contributed by atoms with E-state index in [2.05, 4.69) is 63.8 Å². The lowest BCUT2D eigenvalue weighted by Gasteiger charge is -2.24. The molecule has 1 amide bonds. The van der Waals surface area contributed by atoms with Gasteiger partial charge in [0.2, 0.25) is 0 Å². The number of aromatic hydroxyl groups is 1. The molecule has 2 aliphatic rings. The molecule has 38 heavy (non-hydrogen) atoms. The minimum Gasteiger partial charge on any atom is -0.508 e. The summed E-state index contributed by atoms with van der Waals surface area (Å²) in [5.74, 6) is 0.592. The zero-order valence-corrected chi connectivity index (χ0v) is 21.2. The number of aliphatic imine (C=N–C) groups is 1. The molecule has 1 saturated heterocycles. The minimum absolute atomic E-state index is 0.101. The lowest BCUT2D eigenvalue weighted by atomic mass is 9.98. The number of phenols is 1. The van der Waals surface area contributed by atoms with Gasteiger partial charge in [-0.15, -0.1) is 0 Å². The van der Waals surface area contributed by atoms with Crippen LogP contribution >= 0.6 is 11.8 Å². The average molecular weight is 517 g/mol. The SMILES string of the molecule is O=C1NC(=Nc2cccc(O)c2)/C(=C/c2ccc(N3N=C(c4ccccc4)CC3c3ccccc3)cc2)S1. The molecule has 4 aromatic rings. The van der Waals surface area contributed by atoms with Crippen LogP contribution in [0.5, 0.6) is 5.75 Å². The van der Waals surface area contributed by atoms with Crippen LogP contribution in [0.3, 0.4) is 0 Å². The summed E-state index contributed by atoms with van der Waals surface area (Å²) in [7, 11) is 0. The predicted molar refractivity (Wildman–Crippen MR) is 155 cm³/mol. The molecule has 0 saturated carbocycles. The number of rotatable bonds is 5. The standard InChI is InChI=1S/C31H24N4O2S/c36-26-13-7-12-24(19-26)32-30-29(38-31(37)33-30)18-21-14-16-25(17-15-21)35-28(23-10-5-2-6-11-23)20-27(34-35)22-8-3-1-4-9-22/h1-19,28,36H,20H2,(H,32,33,37)/b29-18-. The van der Waals surface area contributed by atoms with Crippen molar-refractivity contribution in [1.82, 2.24) is 5.32 Å². The summed E-state index contributed by atoms with van der Waals surface area (Å²) in [6.07, 6.45) is 2.75. The van der Waals surface area contributed by atoms with Crippen LogP contribution in [0, 0.1) is 0 Å². The number of hydrogen-bond donors (Lipinski definition) is 2. The number of carbonyl (C=O) groups excluding carboxylic acids is 1. The topological polar surface area (TPSA) is 77.3 Å². The van der Waals surface area contributed by atoms with Gasteiger partial charge in [0.1, 0.15) is 11.6 Å². The van der Waals surface area contributed by atoms with Crippen LogP contribution < -0.4 is 10.3 Å². The fourth-order valence-electron chi connectivity index (χ4n) is 4.57. The Morgan fingerprint density at radius 1 is 0.921 bits per heavy atom. The normalized spacial score (nSPS) is 19.2. The highest BCUT2D eigenvalue weighted by Gasteiger charge is 2.30. The molecule has 7 heteroatoms. The number of phenolic OH excluding ortho intramolecular Hbond substituents is 1. The first-order chi connectivity index (χ1) is 18.6. The van der Waals surface area contributed by atoms with Gasteiger partial charge in [-0.25, -0.2) is 4.99 Å². The molecule has 186 valence electrons. The van der Waals surface area contributed by atoms with Crippen molar-refractivity contribution in [2.24, 2.45) is 10.1 Å². The van der Waals surface area contributed by atoms with Gasteiger partial charge < -0.3 is 10.4 Å². The summed E-state index contributed by atoms with van der Waals surface area (Å²) >= 11 is 1.10. The number of carbonyl (C=O) groups is 1. The van der Waals surface area contributed by atoms with E-state index in [0.717, 1.165) is 45.6 Å². The lowest BCUT2D eigenvalue weighted by Crippen LogP contribution is -2.18. The molecule has 6 rings (SSSR count). The molecule has 0 radical (unpaired) electrons. The summed E-state index contributed by atoms with van der Waals surface area (Å²) in [5.41, 5.74) is 5.91. The second-order valence-corrected chi connectivity index (χ2v) is 10.00. The number of anilines is 1. The van der Waals surface area contributed by atoms with Crippen LogP contribution in [0.4, 0.5) is 16.2 Å². The molecule has 1 atom stereocenters. The Hall–Kier alpha value is -4.62. The summed E-state index contributed by atoms with van der Waals surface area (Å²) < 4.78 is 0. The van der Waals surface area contributed by atoms with E-state index in [4.69, 9.17) is 5.10 Å². The van der Waals surface area contributed by atoms with Gasteiger partial charge in [0.25, 0.3) is 5.24 Å². The van der Waals surface area contributed by atoms with E-state index in [1.807, 2.05) is 42.5 Å².